The molecule has 18 heteroatoms. The molecule has 7 N–H and O–H groups in total. The van der Waals surface area contributed by atoms with Crippen LogP contribution in [0.25, 0.3) is 5.70 Å². The Bertz CT molecular complexity index is 2250. The summed E-state index contributed by atoms with van der Waals surface area (Å²) in [6.07, 6.45) is -0.0154. The van der Waals surface area contributed by atoms with Gasteiger partial charge in [-0.2, -0.15) is 4.98 Å². The minimum Gasteiger partial charge on any atom is -0.504 e. The number of anilines is 1. The number of hydrogen-bond donors (Lipinski definition) is 5. The zero-order valence-electron chi connectivity index (χ0n) is 32.8. The number of carbonyl (C=O) groups is 3. The number of hydrogen-bond acceptors (Lipinski definition) is 13. The molecule has 0 radical (unpaired) electrons. The number of nitrogens with two attached hydrogens (primary N) is 2. The summed E-state index contributed by atoms with van der Waals surface area (Å²) in [4.78, 5) is 54.4. The van der Waals surface area contributed by atoms with Gasteiger partial charge in [-0.3, -0.25) is 24.6 Å². The number of nitrogens with zero attached hydrogens (tertiary/aromatic N) is 6. The fourth-order valence-electron chi connectivity index (χ4n) is 8.81. The summed E-state index contributed by atoms with van der Waals surface area (Å²) >= 11 is 0. The molecule has 6 heterocycles. The summed E-state index contributed by atoms with van der Waals surface area (Å²) in [5, 5.41) is 15.5. The van der Waals surface area contributed by atoms with E-state index in [2.05, 4.69) is 25.4 Å². The summed E-state index contributed by atoms with van der Waals surface area (Å²) in [6.45, 7) is 7.72. The number of phenolic OH excluding ortho intramolecular Hbond substituents is 1. The first-order valence-corrected chi connectivity index (χ1v) is 19.7. The standard InChI is InChI=1S/C41H47F3N10O5/c1-22(2)34-24(18-51-10-12-52(13-11-51)25-7-6-23-19-53(38(58)28(23)14-25)31-8-9-33(55)49-37(31)57)17-47-40(50-34)59-26-16-41(39(43)44)21-48-36(46)32(54(41)20-26)15-30(45)27-4-3-5-29(42)35(27)56/h3-7,14-15,17,22,26,31,39,48,56H,8-13,16,18-21,45-46H2,1-2H3,(H,49,55,57)/b30-15-. The minimum absolute atomic E-state index is 0.000429. The van der Waals surface area contributed by atoms with Crippen molar-refractivity contribution in [2.45, 2.75) is 76.2 Å². The quantitative estimate of drug-likeness (QED) is 0.188. The van der Waals surface area contributed by atoms with Crippen LogP contribution in [0.5, 0.6) is 11.8 Å². The Hall–Kier alpha value is -6.04. The van der Waals surface area contributed by atoms with Gasteiger partial charge in [0.05, 0.1) is 17.9 Å². The van der Waals surface area contributed by atoms with Gasteiger partial charge in [-0.15, -0.1) is 0 Å². The summed E-state index contributed by atoms with van der Waals surface area (Å²) in [5.41, 5.74) is 15.0. The number of halogens is 3. The van der Waals surface area contributed by atoms with E-state index in [4.69, 9.17) is 21.2 Å². The molecular formula is C41H47F3N10O5. The fourth-order valence-corrected chi connectivity index (χ4v) is 8.81. The third kappa shape index (κ3) is 7.45. The number of nitrogens with one attached hydrogen (secondary N) is 2. The van der Waals surface area contributed by atoms with Gasteiger partial charge in [0.2, 0.25) is 11.8 Å². The van der Waals surface area contributed by atoms with E-state index in [1.807, 2.05) is 32.0 Å². The van der Waals surface area contributed by atoms with Crippen LogP contribution in [-0.4, -0.2) is 111 Å². The number of piperazine rings is 1. The number of para-hydroxylation sites is 1. The number of allylic oxidation sites excluding steroid dienone is 1. The number of phenols is 1. The molecule has 3 atom stereocenters. The average molecular weight is 817 g/mol. The van der Waals surface area contributed by atoms with E-state index in [0.29, 0.717) is 38.2 Å². The summed E-state index contributed by atoms with van der Waals surface area (Å²) in [7, 11) is 0. The Labute approximate surface area is 338 Å². The molecule has 3 unspecified atom stereocenters. The molecule has 3 aromatic rings. The van der Waals surface area contributed by atoms with Crippen molar-refractivity contribution < 1.29 is 37.4 Å². The van der Waals surface area contributed by atoms with E-state index in [0.717, 1.165) is 41.7 Å². The molecule has 312 valence electrons. The minimum atomic E-state index is -2.81. The highest BCUT2D eigenvalue weighted by Gasteiger charge is 2.56. The SMILES string of the molecule is CC(C)c1nc(OC2CN3C(/C=C(\N)c4cccc(F)c4O)=C(N)NCC3(C(F)F)C2)ncc1CN1CCN(c2ccc3c(c2)C(=O)N(C2CCC(=O)NC2=O)C3)CC1. The molecule has 15 nitrogen and oxygen atoms in total. The van der Waals surface area contributed by atoms with Crippen LogP contribution in [0.4, 0.5) is 18.9 Å². The highest BCUT2D eigenvalue weighted by molar-refractivity contribution is 6.05. The number of rotatable bonds is 10. The molecular weight excluding hydrogens is 770 g/mol. The van der Waals surface area contributed by atoms with Crippen molar-refractivity contribution >= 4 is 29.1 Å². The number of alkyl halides is 2. The highest BCUT2D eigenvalue weighted by atomic mass is 19.3. The van der Waals surface area contributed by atoms with Crippen LogP contribution >= 0.6 is 0 Å². The van der Waals surface area contributed by atoms with E-state index in [1.54, 1.807) is 11.1 Å². The summed E-state index contributed by atoms with van der Waals surface area (Å²) in [5.74, 6) is -2.38. The molecule has 1 aromatic heterocycles. The van der Waals surface area contributed by atoms with Crippen LogP contribution in [-0.2, 0) is 22.7 Å². The van der Waals surface area contributed by atoms with Gasteiger partial charge in [0.25, 0.3) is 12.3 Å². The van der Waals surface area contributed by atoms with Gasteiger partial charge in [0, 0.05) is 92.9 Å². The van der Waals surface area contributed by atoms with Crippen LogP contribution in [0.15, 0.2) is 60.2 Å². The predicted octanol–water partition coefficient (Wildman–Crippen LogP) is 2.72. The molecule has 59 heavy (non-hydrogen) atoms. The molecule has 8 rings (SSSR count). The third-order valence-electron chi connectivity index (χ3n) is 12.0. The maximum Gasteiger partial charge on any atom is 0.316 e. The number of ether oxygens (including phenoxy) is 1. The van der Waals surface area contributed by atoms with E-state index >= 15 is 0 Å². The average Bonchev–Trinajstić information content (AvgIpc) is 3.75. The van der Waals surface area contributed by atoms with Crippen LogP contribution in [0.1, 0.15) is 71.8 Å². The van der Waals surface area contributed by atoms with Crippen LogP contribution in [0, 0.1) is 5.82 Å². The van der Waals surface area contributed by atoms with Crippen molar-refractivity contribution in [1.29, 1.82) is 0 Å². The van der Waals surface area contributed by atoms with Crippen LogP contribution in [0.2, 0.25) is 0 Å². The summed E-state index contributed by atoms with van der Waals surface area (Å²) < 4.78 is 50.3. The van der Waals surface area contributed by atoms with Crippen molar-refractivity contribution in [1.82, 2.24) is 35.3 Å². The van der Waals surface area contributed by atoms with Gasteiger partial charge in [0.1, 0.15) is 23.5 Å². The molecule has 3 fully saturated rings. The molecule has 3 amide bonds. The largest absolute Gasteiger partial charge is 0.504 e. The second-order valence-corrected chi connectivity index (χ2v) is 16.1. The Morgan fingerprint density at radius 2 is 1.92 bits per heavy atom. The van der Waals surface area contributed by atoms with Crippen molar-refractivity contribution in [3.05, 3.63) is 94.0 Å². The monoisotopic (exact) mass is 816 g/mol. The molecule has 0 bridgehead atoms. The lowest BCUT2D eigenvalue weighted by atomic mass is 9.93. The molecule has 5 aliphatic heterocycles. The van der Waals surface area contributed by atoms with E-state index in [1.165, 1.54) is 23.1 Å². The van der Waals surface area contributed by atoms with Gasteiger partial charge < -0.3 is 41.3 Å². The number of aromatic nitrogens is 2. The van der Waals surface area contributed by atoms with Crippen molar-refractivity contribution in [3.8, 4) is 11.8 Å². The first kappa shape index (κ1) is 39.8. The Morgan fingerprint density at radius 1 is 1.14 bits per heavy atom. The van der Waals surface area contributed by atoms with Crippen LogP contribution < -0.4 is 31.7 Å². The number of piperidine rings is 1. The number of carbonyl (C=O) groups excluding carboxylic acids is 3. The normalized spacial score (nSPS) is 23.9. The zero-order valence-corrected chi connectivity index (χ0v) is 32.8. The number of fused-ring (bicyclic) bond motifs is 2. The lowest BCUT2D eigenvalue weighted by Gasteiger charge is -2.43. The second-order valence-electron chi connectivity index (χ2n) is 16.1. The molecule has 5 aliphatic rings. The molecule has 0 saturated carbocycles. The van der Waals surface area contributed by atoms with Gasteiger partial charge in [-0.25, -0.2) is 18.2 Å². The molecule has 0 aliphatic carbocycles. The van der Waals surface area contributed by atoms with Crippen LogP contribution in [0.3, 0.4) is 0 Å². The predicted molar refractivity (Wildman–Crippen MR) is 210 cm³/mol. The third-order valence-corrected chi connectivity index (χ3v) is 12.0. The van der Waals surface area contributed by atoms with E-state index in [-0.39, 0.29) is 72.5 Å². The maximum atomic E-state index is 15.0. The molecule has 0 spiro atoms. The Morgan fingerprint density at radius 3 is 2.64 bits per heavy atom. The van der Waals surface area contributed by atoms with Gasteiger partial charge in [0.15, 0.2) is 11.6 Å². The number of imide groups is 1. The van der Waals surface area contributed by atoms with Gasteiger partial charge >= 0.3 is 6.01 Å². The highest BCUT2D eigenvalue weighted by Crippen LogP contribution is 2.42. The lowest BCUT2D eigenvalue weighted by Crippen LogP contribution is -2.59. The van der Waals surface area contributed by atoms with Gasteiger partial charge in [-0.1, -0.05) is 26.0 Å². The zero-order chi connectivity index (χ0) is 41.7. The molecule has 3 saturated heterocycles. The first-order chi connectivity index (χ1) is 28.2. The van der Waals surface area contributed by atoms with Crippen molar-refractivity contribution in [3.63, 3.8) is 0 Å². The number of amides is 3. The maximum absolute atomic E-state index is 15.0. The topological polar surface area (TPSA) is 196 Å². The second kappa shape index (κ2) is 15.6. The summed E-state index contributed by atoms with van der Waals surface area (Å²) in [6, 6.07) is 9.14. The van der Waals surface area contributed by atoms with E-state index < -0.39 is 41.6 Å². The van der Waals surface area contributed by atoms with Crippen molar-refractivity contribution in [2.75, 3.05) is 44.2 Å². The first-order valence-electron chi connectivity index (χ1n) is 19.7. The number of aromatic hydroxyl groups is 1. The lowest BCUT2D eigenvalue weighted by molar-refractivity contribution is -0.136. The fraction of sp³-hybridized carbons (Fsp3) is 0.439. The Kier molecular flexibility index (Phi) is 10.5. The van der Waals surface area contributed by atoms with Gasteiger partial charge in [-0.05, 0) is 48.2 Å². The smallest absolute Gasteiger partial charge is 0.316 e. The molecule has 2 aromatic carbocycles. The Balaban J connectivity index is 0.917. The van der Waals surface area contributed by atoms with E-state index in [9.17, 15) is 32.7 Å². The van der Waals surface area contributed by atoms with Crippen molar-refractivity contribution in [2.24, 2.45) is 11.5 Å². The number of benzene rings is 2.